The molecule has 8 nitrogen and oxygen atoms in total. The van der Waals surface area contributed by atoms with E-state index in [1.807, 2.05) is 4.72 Å². The third-order valence-electron chi connectivity index (χ3n) is 5.49. The van der Waals surface area contributed by atoms with Crippen molar-refractivity contribution in [2.24, 2.45) is 0 Å². The van der Waals surface area contributed by atoms with Crippen LogP contribution in [-0.4, -0.2) is 29.1 Å². The number of aromatic nitrogens is 3. The second-order valence-electron chi connectivity index (χ2n) is 8.09. The monoisotopic (exact) mass is 539 g/mol. The van der Waals surface area contributed by atoms with Gasteiger partial charge in [0.05, 0.1) is 17.0 Å². The molecule has 0 spiro atoms. The van der Waals surface area contributed by atoms with Crippen LogP contribution in [0.1, 0.15) is 18.5 Å². The summed E-state index contributed by atoms with van der Waals surface area (Å²) >= 11 is 0. The van der Waals surface area contributed by atoms with Gasteiger partial charge in [0.1, 0.15) is 11.7 Å². The Balaban J connectivity index is 1.82. The first-order valence-electron chi connectivity index (χ1n) is 10.6. The molecular formula is C23H18F5N5O3S. The van der Waals surface area contributed by atoms with E-state index in [2.05, 4.69) is 9.97 Å². The lowest BCUT2D eigenvalue weighted by atomic mass is 10.0. The van der Waals surface area contributed by atoms with Crippen LogP contribution in [0.15, 0.2) is 59.5 Å². The lowest BCUT2D eigenvalue weighted by Gasteiger charge is -2.21. The molecule has 4 rings (SSSR count). The predicted molar refractivity (Wildman–Crippen MR) is 127 cm³/mol. The zero-order chi connectivity index (χ0) is 27.1. The van der Waals surface area contributed by atoms with Gasteiger partial charge < -0.3 is 5.73 Å². The predicted octanol–water partition coefficient (Wildman–Crippen LogP) is 4.38. The Morgan fingerprint density at radius 2 is 1.73 bits per heavy atom. The molecule has 2 aromatic heterocycles. The molecule has 0 aliphatic carbocycles. The summed E-state index contributed by atoms with van der Waals surface area (Å²) in [6.45, 7) is 0.699. The SMILES string of the molecule is CC(n1c(=O)c(-c2ccc(NS(=O)(=O)Cc3ccccc3)c(F)c2F)cc2cnc(N)nc21)C(F)(F)F. The van der Waals surface area contributed by atoms with Crippen molar-refractivity contribution >= 4 is 32.7 Å². The minimum Gasteiger partial charge on any atom is -0.368 e. The van der Waals surface area contributed by atoms with Crippen LogP contribution < -0.4 is 16.0 Å². The molecule has 0 amide bonds. The van der Waals surface area contributed by atoms with Crippen LogP contribution in [0.3, 0.4) is 0 Å². The molecule has 0 radical (unpaired) electrons. The average molecular weight is 539 g/mol. The molecule has 0 saturated heterocycles. The van der Waals surface area contributed by atoms with Gasteiger partial charge in [0.25, 0.3) is 5.56 Å². The third kappa shape index (κ3) is 5.23. The summed E-state index contributed by atoms with van der Waals surface area (Å²) in [5.41, 5.74) is 2.07. The third-order valence-corrected chi connectivity index (χ3v) is 6.73. The largest absolute Gasteiger partial charge is 0.409 e. The van der Waals surface area contributed by atoms with Gasteiger partial charge in [-0.1, -0.05) is 30.3 Å². The van der Waals surface area contributed by atoms with E-state index in [9.17, 15) is 30.8 Å². The molecular weight excluding hydrogens is 521 g/mol. The van der Waals surface area contributed by atoms with Crippen molar-refractivity contribution < 1.29 is 30.4 Å². The number of hydrogen-bond acceptors (Lipinski definition) is 6. The van der Waals surface area contributed by atoms with E-state index < -0.39 is 73.6 Å². The minimum absolute atomic E-state index is 0.0904. The number of alkyl halides is 3. The number of nitrogens with one attached hydrogen (secondary N) is 1. The highest BCUT2D eigenvalue weighted by Crippen LogP contribution is 2.34. The number of benzene rings is 2. The number of sulfonamides is 1. The Hall–Kier alpha value is -4.07. The highest BCUT2D eigenvalue weighted by Gasteiger charge is 2.39. The molecule has 0 fully saturated rings. The number of nitrogens with two attached hydrogens (primary N) is 1. The van der Waals surface area contributed by atoms with Crippen LogP contribution in [-0.2, 0) is 15.8 Å². The molecule has 0 aliphatic rings. The molecule has 0 aliphatic heterocycles. The van der Waals surface area contributed by atoms with Crippen LogP contribution in [0.25, 0.3) is 22.2 Å². The van der Waals surface area contributed by atoms with Crippen LogP contribution in [0.2, 0.25) is 0 Å². The first-order chi connectivity index (χ1) is 17.3. The summed E-state index contributed by atoms with van der Waals surface area (Å²) in [7, 11) is -4.16. The maximum atomic E-state index is 15.1. The van der Waals surface area contributed by atoms with Crippen molar-refractivity contribution in [1.82, 2.24) is 14.5 Å². The molecule has 0 bridgehead atoms. The Bertz CT molecular complexity index is 1660. The molecule has 3 N–H and O–H groups in total. The van der Waals surface area contributed by atoms with E-state index in [0.29, 0.717) is 12.5 Å². The van der Waals surface area contributed by atoms with E-state index in [0.717, 1.165) is 24.4 Å². The second-order valence-corrected chi connectivity index (χ2v) is 9.82. The van der Waals surface area contributed by atoms with Gasteiger partial charge in [0.15, 0.2) is 11.6 Å². The summed E-state index contributed by atoms with van der Waals surface area (Å²) < 4.78 is 97.8. The Kier molecular flexibility index (Phi) is 6.62. The fourth-order valence-electron chi connectivity index (χ4n) is 3.67. The maximum Gasteiger partial charge on any atom is 0.409 e. The van der Waals surface area contributed by atoms with Crippen LogP contribution in [0.4, 0.5) is 33.6 Å². The summed E-state index contributed by atoms with van der Waals surface area (Å²) in [5.74, 6) is -4.20. The summed E-state index contributed by atoms with van der Waals surface area (Å²) in [4.78, 5) is 20.5. The number of nitrogens with zero attached hydrogens (tertiary/aromatic N) is 3. The van der Waals surface area contributed by atoms with Crippen molar-refractivity contribution in [3.05, 3.63) is 82.3 Å². The van der Waals surface area contributed by atoms with E-state index >= 15 is 4.39 Å². The number of pyridine rings is 1. The topological polar surface area (TPSA) is 120 Å². The zero-order valence-corrected chi connectivity index (χ0v) is 19.7. The van der Waals surface area contributed by atoms with Crippen molar-refractivity contribution in [3.8, 4) is 11.1 Å². The zero-order valence-electron chi connectivity index (χ0n) is 18.9. The summed E-state index contributed by atoms with van der Waals surface area (Å²) in [6, 6.07) is 8.33. The maximum absolute atomic E-state index is 15.1. The summed E-state index contributed by atoms with van der Waals surface area (Å²) in [5, 5.41) is -0.0904. The molecule has 194 valence electrons. The van der Waals surface area contributed by atoms with Crippen molar-refractivity contribution in [1.29, 1.82) is 0 Å². The highest BCUT2D eigenvalue weighted by molar-refractivity contribution is 7.91. The first-order valence-corrected chi connectivity index (χ1v) is 12.2. The highest BCUT2D eigenvalue weighted by atomic mass is 32.2. The van der Waals surface area contributed by atoms with E-state index in [-0.39, 0.29) is 9.95 Å². The molecule has 4 aromatic rings. The normalized spacial score (nSPS) is 13.0. The van der Waals surface area contributed by atoms with Gasteiger partial charge in [-0.05, 0) is 30.7 Å². The minimum atomic E-state index is -4.89. The van der Waals surface area contributed by atoms with E-state index in [1.165, 1.54) is 12.1 Å². The molecule has 1 unspecified atom stereocenters. The van der Waals surface area contributed by atoms with Gasteiger partial charge in [-0.25, -0.2) is 22.2 Å². The van der Waals surface area contributed by atoms with Gasteiger partial charge in [0, 0.05) is 17.1 Å². The Morgan fingerprint density at radius 1 is 1.05 bits per heavy atom. The smallest absolute Gasteiger partial charge is 0.368 e. The Morgan fingerprint density at radius 3 is 2.38 bits per heavy atom. The van der Waals surface area contributed by atoms with Gasteiger partial charge in [-0.2, -0.15) is 18.2 Å². The quantitative estimate of drug-likeness (QED) is 0.351. The van der Waals surface area contributed by atoms with Gasteiger partial charge in [0.2, 0.25) is 16.0 Å². The van der Waals surface area contributed by atoms with Crippen LogP contribution in [0.5, 0.6) is 0 Å². The van der Waals surface area contributed by atoms with Crippen LogP contribution >= 0.6 is 0 Å². The first kappa shape index (κ1) is 26.0. The Labute approximate surface area is 206 Å². The van der Waals surface area contributed by atoms with Gasteiger partial charge >= 0.3 is 6.18 Å². The number of anilines is 2. The standard InChI is InChI=1S/C23H18F5N5O3S/c1-12(23(26,27)28)33-20-14(10-30-22(29)31-20)9-16(21(33)34)15-7-8-17(19(25)18(15)24)32-37(35,36)11-13-5-3-2-4-6-13/h2-10,12,32H,11H2,1H3,(H2,29,30,31). The number of rotatable bonds is 6. The number of fused-ring (bicyclic) bond motifs is 1. The fourth-order valence-corrected chi connectivity index (χ4v) is 4.86. The fraction of sp³-hybridized carbons (Fsp3) is 0.174. The number of nitrogen functional groups attached to an aromatic ring is 1. The van der Waals surface area contributed by atoms with E-state index in [1.54, 1.807) is 18.2 Å². The van der Waals surface area contributed by atoms with Crippen LogP contribution in [0, 0.1) is 11.6 Å². The molecule has 2 heterocycles. The van der Waals surface area contributed by atoms with Gasteiger partial charge in [-0.15, -0.1) is 0 Å². The molecule has 1 atom stereocenters. The van der Waals surface area contributed by atoms with Crippen molar-refractivity contribution in [2.75, 3.05) is 10.5 Å². The second kappa shape index (κ2) is 9.42. The van der Waals surface area contributed by atoms with Crippen molar-refractivity contribution in [3.63, 3.8) is 0 Å². The molecule has 37 heavy (non-hydrogen) atoms. The summed E-state index contributed by atoms with van der Waals surface area (Å²) in [6.07, 6.45) is -3.85. The number of halogens is 5. The number of hydrogen-bond donors (Lipinski definition) is 2. The molecule has 2 aromatic carbocycles. The molecule has 14 heteroatoms. The van der Waals surface area contributed by atoms with Crippen molar-refractivity contribution in [2.45, 2.75) is 24.9 Å². The lowest BCUT2D eigenvalue weighted by Crippen LogP contribution is -2.34. The van der Waals surface area contributed by atoms with Gasteiger partial charge in [-0.3, -0.25) is 14.1 Å². The molecule has 0 saturated carbocycles. The van der Waals surface area contributed by atoms with E-state index in [4.69, 9.17) is 5.73 Å². The average Bonchev–Trinajstić information content (AvgIpc) is 2.81. The lowest BCUT2D eigenvalue weighted by molar-refractivity contribution is -0.162.